The van der Waals surface area contributed by atoms with Crippen molar-refractivity contribution < 1.29 is 14.3 Å². The van der Waals surface area contributed by atoms with Gasteiger partial charge in [-0.15, -0.1) is 0 Å². The van der Waals surface area contributed by atoms with E-state index < -0.39 is 11.9 Å². The number of carbonyl (C=O) groups excluding carboxylic acids is 2. The van der Waals surface area contributed by atoms with Gasteiger partial charge in [0.2, 0.25) is 0 Å². The lowest BCUT2D eigenvalue weighted by molar-refractivity contribution is 0.0444. The quantitative estimate of drug-likeness (QED) is 0.467. The van der Waals surface area contributed by atoms with E-state index in [4.69, 9.17) is 0 Å². The molecule has 3 nitrogen and oxygen atoms in total. The van der Waals surface area contributed by atoms with Crippen molar-refractivity contribution in [2.45, 2.75) is 0 Å². The highest BCUT2D eigenvalue weighted by atomic mass is 16.6. The zero-order chi connectivity index (χ0) is 13.2. The lowest BCUT2D eigenvalue weighted by Crippen LogP contribution is -1.96. The molecule has 0 bridgehead atoms. The first kappa shape index (κ1) is 11.4. The first-order chi connectivity index (χ1) is 9.24. The molecule has 3 heteroatoms. The second-order valence-corrected chi connectivity index (χ2v) is 4.23. The van der Waals surface area contributed by atoms with Crippen molar-refractivity contribution in [1.82, 2.24) is 0 Å². The van der Waals surface area contributed by atoms with Crippen LogP contribution in [-0.2, 0) is 4.74 Å². The summed E-state index contributed by atoms with van der Waals surface area (Å²) in [6.45, 7) is 0. The molecule has 0 aliphatic carbocycles. The van der Waals surface area contributed by atoms with Gasteiger partial charge in [0, 0.05) is 0 Å². The Hall–Kier alpha value is -2.68. The van der Waals surface area contributed by atoms with E-state index in [2.05, 4.69) is 4.74 Å². The molecular formula is C16H10O3. The predicted octanol–water partition coefficient (Wildman–Crippen LogP) is 3.17. The highest BCUT2D eigenvalue weighted by Gasteiger charge is 2.29. The molecule has 0 N–H and O–H groups in total. The van der Waals surface area contributed by atoms with Crippen LogP contribution < -0.4 is 0 Å². The number of hydrogen-bond donors (Lipinski definition) is 0. The third kappa shape index (κ3) is 2.18. The maximum atomic E-state index is 11.4. The maximum Gasteiger partial charge on any atom is 0.346 e. The van der Waals surface area contributed by atoms with Crippen molar-refractivity contribution in [3.63, 3.8) is 0 Å². The Bertz CT molecular complexity index is 684. The largest absolute Gasteiger partial charge is 0.386 e. The fourth-order valence-electron chi connectivity index (χ4n) is 1.96. The van der Waals surface area contributed by atoms with Crippen molar-refractivity contribution in [3.05, 3.63) is 70.8 Å². The number of benzene rings is 2. The molecule has 1 heterocycles. The first-order valence-corrected chi connectivity index (χ1v) is 5.88. The summed E-state index contributed by atoms with van der Waals surface area (Å²) in [7, 11) is 0. The minimum atomic E-state index is -0.574. The molecule has 0 aromatic heterocycles. The third-order valence-electron chi connectivity index (χ3n) is 2.94. The molecule has 0 amide bonds. The Kier molecular flexibility index (Phi) is 2.72. The van der Waals surface area contributed by atoms with E-state index in [1.807, 2.05) is 42.5 Å². The Labute approximate surface area is 110 Å². The van der Waals surface area contributed by atoms with Crippen LogP contribution in [0.4, 0.5) is 0 Å². The molecule has 2 aromatic carbocycles. The highest BCUT2D eigenvalue weighted by Crippen LogP contribution is 2.22. The minimum absolute atomic E-state index is 0.334. The van der Waals surface area contributed by atoms with Crippen LogP contribution >= 0.6 is 0 Å². The number of ether oxygens (including phenoxy) is 1. The van der Waals surface area contributed by atoms with E-state index in [-0.39, 0.29) is 0 Å². The smallest absolute Gasteiger partial charge is 0.346 e. The monoisotopic (exact) mass is 250 g/mol. The van der Waals surface area contributed by atoms with Crippen molar-refractivity contribution in [3.8, 4) is 0 Å². The van der Waals surface area contributed by atoms with E-state index in [9.17, 15) is 9.59 Å². The van der Waals surface area contributed by atoms with Crippen LogP contribution in [0.25, 0.3) is 12.2 Å². The van der Waals surface area contributed by atoms with Crippen LogP contribution in [0.15, 0.2) is 48.5 Å². The molecule has 1 aliphatic rings. The van der Waals surface area contributed by atoms with Crippen molar-refractivity contribution >= 4 is 24.1 Å². The Balaban J connectivity index is 1.92. The van der Waals surface area contributed by atoms with E-state index in [1.165, 1.54) is 0 Å². The molecule has 0 saturated heterocycles. The number of esters is 2. The fraction of sp³-hybridized carbons (Fsp3) is 0. The average Bonchev–Trinajstić information content (AvgIpc) is 2.73. The summed E-state index contributed by atoms with van der Waals surface area (Å²) in [5.41, 5.74) is 2.60. The summed E-state index contributed by atoms with van der Waals surface area (Å²) in [6.07, 6.45) is 3.84. The average molecular weight is 250 g/mol. The standard InChI is InChI=1S/C16H10O3/c17-15-13-9-8-12(10-14(13)16(18)19-15)7-6-11-4-2-1-3-5-11/h1-10H/b7-6+. The summed E-state index contributed by atoms with van der Waals surface area (Å²) in [5.74, 6) is -1.14. The van der Waals surface area contributed by atoms with Crippen molar-refractivity contribution in [2.75, 3.05) is 0 Å². The molecule has 1 aliphatic heterocycles. The molecule has 19 heavy (non-hydrogen) atoms. The van der Waals surface area contributed by atoms with E-state index >= 15 is 0 Å². The van der Waals surface area contributed by atoms with Gasteiger partial charge in [-0.2, -0.15) is 0 Å². The first-order valence-electron chi connectivity index (χ1n) is 5.88. The number of cyclic esters (lactones) is 2. The van der Waals surface area contributed by atoms with Gasteiger partial charge >= 0.3 is 11.9 Å². The highest BCUT2D eigenvalue weighted by molar-refractivity contribution is 6.14. The van der Waals surface area contributed by atoms with Gasteiger partial charge < -0.3 is 4.74 Å². The lowest BCUT2D eigenvalue weighted by Gasteiger charge is -1.96. The topological polar surface area (TPSA) is 43.4 Å². The molecule has 92 valence electrons. The van der Waals surface area contributed by atoms with Gasteiger partial charge in [-0.1, -0.05) is 48.6 Å². The van der Waals surface area contributed by atoms with Crippen molar-refractivity contribution in [1.29, 1.82) is 0 Å². The molecular weight excluding hydrogens is 240 g/mol. The second-order valence-electron chi connectivity index (χ2n) is 4.23. The summed E-state index contributed by atoms with van der Waals surface area (Å²) in [6, 6.07) is 14.9. The van der Waals surface area contributed by atoms with Crippen LogP contribution in [-0.4, -0.2) is 11.9 Å². The number of carbonyl (C=O) groups is 2. The van der Waals surface area contributed by atoms with E-state index in [0.717, 1.165) is 11.1 Å². The van der Waals surface area contributed by atoms with Crippen LogP contribution in [0.2, 0.25) is 0 Å². The summed E-state index contributed by atoms with van der Waals surface area (Å²) in [4.78, 5) is 22.7. The SMILES string of the molecule is O=C1OC(=O)c2cc(/C=C/c3ccccc3)ccc21. The molecule has 0 radical (unpaired) electrons. The lowest BCUT2D eigenvalue weighted by atomic mass is 10.0. The Morgan fingerprint density at radius 2 is 1.42 bits per heavy atom. The second kappa shape index (κ2) is 4.53. The van der Waals surface area contributed by atoms with Gasteiger partial charge in [0.25, 0.3) is 0 Å². The van der Waals surface area contributed by atoms with Crippen LogP contribution in [0, 0.1) is 0 Å². The normalized spacial score (nSPS) is 13.7. The maximum absolute atomic E-state index is 11.4. The van der Waals surface area contributed by atoms with Gasteiger partial charge in [0.15, 0.2) is 0 Å². The Morgan fingerprint density at radius 1 is 0.737 bits per heavy atom. The van der Waals surface area contributed by atoms with Crippen LogP contribution in [0.5, 0.6) is 0 Å². The van der Waals surface area contributed by atoms with Gasteiger partial charge in [0.1, 0.15) is 0 Å². The molecule has 0 saturated carbocycles. The Morgan fingerprint density at radius 3 is 2.21 bits per heavy atom. The van der Waals surface area contributed by atoms with Gasteiger partial charge in [-0.3, -0.25) is 0 Å². The third-order valence-corrected chi connectivity index (χ3v) is 2.94. The molecule has 0 fully saturated rings. The van der Waals surface area contributed by atoms with Gasteiger partial charge in [0.05, 0.1) is 11.1 Å². The molecule has 2 aromatic rings. The summed E-state index contributed by atoms with van der Waals surface area (Å²) < 4.78 is 4.55. The number of fused-ring (bicyclic) bond motifs is 1. The zero-order valence-corrected chi connectivity index (χ0v) is 10.00. The summed E-state index contributed by atoms with van der Waals surface area (Å²) in [5, 5.41) is 0. The van der Waals surface area contributed by atoms with Crippen LogP contribution in [0.3, 0.4) is 0 Å². The molecule has 0 atom stereocenters. The minimum Gasteiger partial charge on any atom is -0.386 e. The molecule has 0 spiro atoms. The summed E-state index contributed by atoms with van der Waals surface area (Å²) >= 11 is 0. The fourth-order valence-corrected chi connectivity index (χ4v) is 1.96. The zero-order valence-electron chi connectivity index (χ0n) is 10.00. The van der Waals surface area contributed by atoms with Crippen LogP contribution in [0.1, 0.15) is 31.8 Å². The van der Waals surface area contributed by atoms with E-state index in [1.54, 1.807) is 18.2 Å². The van der Waals surface area contributed by atoms with Gasteiger partial charge in [-0.05, 0) is 23.3 Å². The number of rotatable bonds is 2. The number of hydrogen-bond acceptors (Lipinski definition) is 3. The van der Waals surface area contributed by atoms with Crippen molar-refractivity contribution in [2.24, 2.45) is 0 Å². The molecule has 0 unspecified atom stereocenters. The predicted molar refractivity (Wildman–Crippen MR) is 71.6 cm³/mol. The molecule has 3 rings (SSSR count). The van der Waals surface area contributed by atoms with E-state index in [0.29, 0.717) is 11.1 Å². The van der Waals surface area contributed by atoms with Gasteiger partial charge in [-0.25, -0.2) is 9.59 Å².